The van der Waals surface area contributed by atoms with E-state index >= 15 is 0 Å². The molecule has 2 aromatic heterocycles. The summed E-state index contributed by atoms with van der Waals surface area (Å²) < 4.78 is 45.0. The number of piperidine rings is 1. The molecule has 200 valence electrons. The van der Waals surface area contributed by atoms with Crippen molar-refractivity contribution in [1.82, 2.24) is 19.9 Å². The summed E-state index contributed by atoms with van der Waals surface area (Å²) in [7, 11) is 0. The third-order valence-corrected chi connectivity index (χ3v) is 6.24. The summed E-state index contributed by atoms with van der Waals surface area (Å²) >= 11 is 0. The molecule has 0 aliphatic carbocycles. The maximum Gasteiger partial charge on any atom is 0.416 e. The normalized spacial score (nSPS) is 17.6. The zero-order valence-electron chi connectivity index (χ0n) is 20.0. The molecular formula is C24H24F3N7O4. The van der Waals surface area contributed by atoms with Gasteiger partial charge >= 0.3 is 12.2 Å². The van der Waals surface area contributed by atoms with Gasteiger partial charge in [0.25, 0.3) is 0 Å². The zero-order valence-corrected chi connectivity index (χ0v) is 20.0. The lowest BCUT2D eigenvalue weighted by atomic mass is 10.0. The molecule has 3 N–H and O–H groups in total. The Labute approximate surface area is 214 Å². The first-order valence-corrected chi connectivity index (χ1v) is 11.9. The lowest BCUT2D eigenvalue weighted by Gasteiger charge is -2.45. The number of halogens is 3. The van der Waals surface area contributed by atoms with Gasteiger partial charge in [-0.05, 0) is 25.0 Å². The number of hydrogen-bond donors (Lipinski definition) is 3. The number of anilines is 3. The molecule has 1 fully saturated rings. The fourth-order valence-electron chi connectivity index (χ4n) is 4.42. The summed E-state index contributed by atoms with van der Waals surface area (Å²) in [4.78, 5) is 34.0. The van der Waals surface area contributed by atoms with Gasteiger partial charge in [-0.15, -0.1) is 0 Å². The zero-order chi connectivity index (χ0) is 26.9. The molecule has 38 heavy (non-hydrogen) atoms. The van der Waals surface area contributed by atoms with Gasteiger partial charge in [0.05, 0.1) is 42.5 Å². The number of nitrogens with zero attached hydrogens (tertiary/aromatic N) is 6. The highest BCUT2D eigenvalue weighted by Crippen LogP contribution is 2.39. The number of urea groups is 1. The van der Waals surface area contributed by atoms with Crippen LogP contribution in [-0.4, -0.2) is 74.6 Å². The Hall–Kier alpha value is -4.04. The fourth-order valence-corrected chi connectivity index (χ4v) is 4.42. The van der Waals surface area contributed by atoms with E-state index in [2.05, 4.69) is 30.2 Å². The van der Waals surface area contributed by atoms with Gasteiger partial charge in [0.15, 0.2) is 17.5 Å². The minimum absolute atomic E-state index is 0.0696. The van der Waals surface area contributed by atoms with Crippen molar-refractivity contribution in [3.05, 3.63) is 48.4 Å². The summed E-state index contributed by atoms with van der Waals surface area (Å²) in [6.07, 6.45) is 0.0662. The van der Waals surface area contributed by atoms with E-state index in [9.17, 15) is 23.1 Å². The van der Waals surface area contributed by atoms with E-state index in [0.717, 1.165) is 31.5 Å². The minimum atomic E-state index is -4.51. The molecule has 0 spiro atoms. The molecule has 2 aliphatic heterocycles. The number of fused-ring (bicyclic) bond motifs is 4. The van der Waals surface area contributed by atoms with Crippen molar-refractivity contribution < 1.29 is 32.9 Å². The Morgan fingerprint density at radius 3 is 2.79 bits per heavy atom. The molecule has 3 aromatic rings. The molecule has 2 atom stereocenters. The highest BCUT2D eigenvalue weighted by molar-refractivity contribution is 6.04. The van der Waals surface area contributed by atoms with Gasteiger partial charge in [0, 0.05) is 18.7 Å². The second kappa shape index (κ2) is 10.4. The van der Waals surface area contributed by atoms with Crippen LogP contribution >= 0.6 is 0 Å². The van der Waals surface area contributed by atoms with E-state index in [0.29, 0.717) is 18.1 Å². The van der Waals surface area contributed by atoms with E-state index in [1.807, 2.05) is 0 Å². The Balaban J connectivity index is 1.41. The van der Waals surface area contributed by atoms with Crippen LogP contribution in [0.5, 0.6) is 5.88 Å². The molecule has 0 radical (unpaired) electrons. The molecule has 1 saturated heterocycles. The van der Waals surface area contributed by atoms with Crippen LogP contribution in [0, 0.1) is 0 Å². The second-order valence-corrected chi connectivity index (χ2v) is 8.91. The maximum atomic E-state index is 13.4. The van der Waals surface area contributed by atoms with Gasteiger partial charge in [-0.3, -0.25) is 10.2 Å². The topological polar surface area (TPSA) is 137 Å². The predicted molar refractivity (Wildman–Crippen MR) is 130 cm³/mol. The number of aliphatic hydroxyl groups excluding tert-OH is 2. The quantitative estimate of drug-likeness (QED) is 0.439. The van der Waals surface area contributed by atoms with Crippen molar-refractivity contribution in [2.24, 2.45) is 0 Å². The first-order chi connectivity index (χ1) is 18.2. The number of benzene rings is 1. The number of nitrogens with one attached hydrogen (secondary N) is 1. The summed E-state index contributed by atoms with van der Waals surface area (Å²) in [5, 5.41) is 20.9. The molecule has 0 saturated carbocycles. The Kier molecular flexibility index (Phi) is 6.99. The maximum absolute atomic E-state index is 13.4. The summed E-state index contributed by atoms with van der Waals surface area (Å²) in [5.74, 6) is 0.601. The number of hydrogen-bond acceptors (Lipinski definition) is 9. The smallest absolute Gasteiger partial charge is 0.416 e. The highest BCUT2D eigenvalue weighted by atomic mass is 19.4. The number of aromatic nitrogens is 4. The lowest BCUT2D eigenvalue weighted by molar-refractivity contribution is -0.137. The molecular weight excluding hydrogens is 507 g/mol. The van der Waals surface area contributed by atoms with E-state index in [-0.39, 0.29) is 35.7 Å². The van der Waals surface area contributed by atoms with Crippen molar-refractivity contribution in [2.45, 2.75) is 31.2 Å². The monoisotopic (exact) mass is 531 g/mol. The number of carbonyl (C=O) groups excluding carboxylic acids is 1. The predicted octanol–water partition coefficient (Wildman–Crippen LogP) is 2.71. The average molecular weight is 531 g/mol. The van der Waals surface area contributed by atoms with Crippen LogP contribution < -0.4 is 19.9 Å². The third kappa shape index (κ3) is 5.31. The second-order valence-electron chi connectivity index (χ2n) is 8.91. The van der Waals surface area contributed by atoms with E-state index in [4.69, 9.17) is 9.84 Å². The molecule has 2 aliphatic rings. The number of ether oxygens (including phenoxy) is 1. The van der Waals surface area contributed by atoms with Gasteiger partial charge in [-0.2, -0.15) is 13.2 Å². The van der Waals surface area contributed by atoms with Gasteiger partial charge in [-0.25, -0.2) is 24.7 Å². The van der Waals surface area contributed by atoms with Crippen LogP contribution in [0.1, 0.15) is 18.4 Å². The number of amides is 2. The van der Waals surface area contributed by atoms with Crippen LogP contribution in [0.3, 0.4) is 0 Å². The Morgan fingerprint density at radius 1 is 1.21 bits per heavy atom. The van der Waals surface area contributed by atoms with Crippen molar-refractivity contribution in [2.75, 3.05) is 41.4 Å². The fraction of sp³-hybridized carbons (Fsp3) is 0.375. The van der Waals surface area contributed by atoms with Crippen molar-refractivity contribution in [1.29, 1.82) is 0 Å². The lowest BCUT2D eigenvalue weighted by Crippen LogP contribution is -2.56. The molecule has 14 heteroatoms. The summed E-state index contributed by atoms with van der Waals surface area (Å²) in [6, 6.07) is 4.00. The van der Waals surface area contributed by atoms with Crippen LogP contribution in [0.15, 0.2) is 42.9 Å². The first-order valence-electron chi connectivity index (χ1n) is 11.9. The number of carbonyl (C=O) groups is 1. The number of alkyl halides is 3. The minimum Gasteiger partial charge on any atom is -0.474 e. The van der Waals surface area contributed by atoms with Gasteiger partial charge in [0.1, 0.15) is 12.7 Å². The third-order valence-electron chi connectivity index (χ3n) is 6.24. The van der Waals surface area contributed by atoms with Gasteiger partial charge in [-0.1, -0.05) is 12.1 Å². The van der Waals surface area contributed by atoms with Gasteiger partial charge < -0.3 is 19.8 Å². The number of aliphatic hydroxyl groups is 2. The number of rotatable bonds is 6. The van der Waals surface area contributed by atoms with Gasteiger partial charge in [0.2, 0.25) is 5.88 Å². The Morgan fingerprint density at radius 2 is 2.05 bits per heavy atom. The van der Waals surface area contributed by atoms with E-state index in [1.54, 1.807) is 0 Å². The molecule has 4 heterocycles. The Bertz CT molecular complexity index is 1310. The SMILES string of the molecule is O=C(Nc1cnc(OC[C@H](O)CO)cn1)N1c2nc(-c3cccc(C(F)(F)F)c3)ncc2N2CCCC1C2. The highest BCUT2D eigenvalue weighted by Gasteiger charge is 2.39. The van der Waals surface area contributed by atoms with Crippen LogP contribution in [0.4, 0.5) is 35.3 Å². The summed E-state index contributed by atoms with van der Waals surface area (Å²) in [6.45, 7) is 0.686. The molecule has 1 aromatic carbocycles. The van der Waals surface area contributed by atoms with Crippen molar-refractivity contribution in [3.8, 4) is 17.3 Å². The molecule has 5 rings (SSSR count). The van der Waals surface area contributed by atoms with E-state index < -0.39 is 30.5 Å². The van der Waals surface area contributed by atoms with Crippen molar-refractivity contribution >= 4 is 23.4 Å². The van der Waals surface area contributed by atoms with Crippen LogP contribution in [0.25, 0.3) is 11.4 Å². The standard InChI is InChI=1S/C24H24F3N7O4/c25-24(26,27)15-4-1-3-14(7-15)21-30-8-18-22(32-21)34(16-5-2-6-33(18)11-16)23(37)31-19-9-29-20(10-28-19)38-13-17(36)12-35/h1,3-4,7-10,16-17,35-36H,2,5-6,11-13H2,(H,28,31,37)/t16?,17-/m1/s1. The van der Waals surface area contributed by atoms with Crippen molar-refractivity contribution in [3.63, 3.8) is 0 Å². The van der Waals surface area contributed by atoms with Crippen LogP contribution in [0.2, 0.25) is 0 Å². The summed E-state index contributed by atoms with van der Waals surface area (Å²) in [5.41, 5.74) is -0.0194. The molecule has 2 amide bonds. The van der Waals surface area contributed by atoms with E-state index in [1.165, 1.54) is 35.6 Å². The first kappa shape index (κ1) is 25.6. The molecule has 1 unspecified atom stereocenters. The average Bonchev–Trinajstić information content (AvgIpc) is 2.92. The molecule has 11 nitrogen and oxygen atoms in total. The molecule has 2 bridgehead atoms. The van der Waals surface area contributed by atoms with Crippen LogP contribution in [-0.2, 0) is 6.18 Å². The largest absolute Gasteiger partial charge is 0.474 e.